The number of aliphatic hydroxyl groups is 1. The zero-order chi connectivity index (χ0) is 11.1. The van der Waals surface area contributed by atoms with E-state index in [4.69, 9.17) is 4.74 Å². The molecule has 2 bridgehead atoms. The van der Waals surface area contributed by atoms with E-state index in [0.717, 1.165) is 19.5 Å². The number of methoxy groups -OCH3 is 1. The van der Waals surface area contributed by atoms with Gasteiger partial charge in [-0.2, -0.15) is 0 Å². The second-order valence-corrected chi connectivity index (χ2v) is 4.81. The van der Waals surface area contributed by atoms with Gasteiger partial charge < -0.3 is 9.84 Å². The minimum atomic E-state index is -0.746. The molecule has 0 aliphatic carbocycles. The predicted molar refractivity (Wildman–Crippen MR) is 55.5 cm³/mol. The summed E-state index contributed by atoms with van der Waals surface area (Å²) in [6, 6.07) is 0. The van der Waals surface area contributed by atoms with Crippen molar-refractivity contribution in [1.29, 1.82) is 0 Å². The van der Waals surface area contributed by atoms with Crippen molar-refractivity contribution >= 4 is 5.78 Å². The van der Waals surface area contributed by atoms with Gasteiger partial charge in [-0.3, -0.25) is 9.69 Å². The molecule has 1 unspecified atom stereocenters. The standard InChI is InChI=1S/C11H19NO3/c1-8-5-12-4-3-9(8)10(14)11(12,6-13)7-15-2/h8-9,13H,3-7H2,1-2H3/t8-,9-,11+/m1/s1. The van der Waals surface area contributed by atoms with Crippen LogP contribution in [0.25, 0.3) is 0 Å². The number of ketones is 1. The highest BCUT2D eigenvalue weighted by molar-refractivity contribution is 5.92. The molecule has 0 saturated carbocycles. The Balaban J connectivity index is 2.29. The van der Waals surface area contributed by atoms with Crippen LogP contribution in [0, 0.1) is 11.8 Å². The molecule has 4 nitrogen and oxygen atoms in total. The quantitative estimate of drug-likeness (QED) is 0.711. The number of fused-ring (bicyclic) bond motifs is 3. The first-order chi connectivity index (χ1) is 7.15. The number of nitrogens with zero attached hydrogens (tertiary/aromatic N) is 1. The van der Waals surface area contributed by atoms with Crippen LogP contribution in [-0.2, 0) is 9.53 Å². The second-order valence-electron chi connectivity index (χ2n) is 4.81. The lowest BCUT2D eigenvalue weighted by molar-refractivity contribution is -0.163. The molecular formula is C11H19NO3. The molecule has 0 spiro atoms. The Morgan fingerprint density at radius 1 is 1.67 bits per heavy atom. The Kier molecular flexibility index (Phi) is 2.83. The molecule has 3 heterocycles. The van der Waals surface area contributed by atoms with Gasteiger partial charge in [0.2, 0.25) is 0 Å². The third-order valence-electron chi connectivity index (χ3n) is 3.95. The topological polar surface area (TPSA) is 49.8 Å². The number of rotatable bonds is 3. The molecule has 3 aliphatic rings. The monoisotopic (exact) mass is 213 g/mol. The summed E-state index contributed by atoms with van der Waals surface area (Å²) in [6.45, 7) is 4.11. The number of carbonyl (C=O) groups excluding carboxylic acids is 1. The van der Waals surface area contributed by atoms with Gasteiger partial charge >= 0.3 is 0 Å². The van der Waals surface area contributed by atoms with Gasteiger partial charge in [-0.15, -0.1) is 0 Å². The van der Waals surface area contributed by atoms with E-state index in [1.54, 1.807) is 7.11 Å². The molecule has 4 atom stereocenters. The Bertz CT molecular complexity index is 269. The van der Waals surface area contributed by atoms with Crippen LogP contribution >= 0.6 is 0 Å². The van der Waals surface area contributed by atoms with Crippen molar-refractivity contribution in [3.8, 4) is 0 Å². The number of ether oxygens (including phenoxy) is 1. The van der Waals surface area contributed by atoms with Crippen molar-refractivity contribution in [2.24, 2.45) is 11.8 Å². The SMILES string of the molecule is COC[C@@]1(CO)C(=O)[C@@H]2CCN1C[C@H]2C. The van der Waals surface area contributed by atoms with Crippen LogP contribution in [0.4, 0.5) is 0 Å². The molecule has 0 aromatic heterocycles. The Morgan fingerprint density at radius 3 is 2.87 bits per heavy atom. The first-order valence-electron chi connectivity index (χ1n) is 5.55. The fourth-order valence-corrected chi connectivity index (χ4v) is 3.05. The van der Waals surface area contributed by atoms with E-state index in [1.807, 2.05) is 0 Å². The molecule has 3 saturated heterocycles. The summed E-state index contributed by atoms with van der Waals surface area (Å²) in [5.74, 6) is 0.719. The molecule has 4 heteroatoms. The summed E-state index contributed by atoms with van der Waals surface area (Å²) < 4.78 is 5.11. The smallest absolute Gasteiger partial charge is 0.161 e. The van der Waals surface area contributed by atoms with Gasteiger partial charge in [-0.1, -0.05) is 6.92 Å². The summed E-state index contributed by atoms with van der Waals surface area (Å²) in [5.41, 5.74) is -0.746. The maximum Gasteiger partial charge on any atom is 0.161 e. The van der Waals surface area contributed by atoms with Gasteiger partial charge in [-0.25, -0.2) is 0 Å². The van der Waals surface area contributed by atoms with Crippen LogP contribution in [0.2, 0.25) is 0 Å². The number of Topliss-reactive ketones (excluding diaryl/α,β-unsaturated/α-hetero) is 1. The van der Waals surface area contributed by atoms with Gasteiger partial charge in [0.25, 0.3) is 0 Å². The number of piperidine rings is 3. The molecular weight excluding hydrogens is 194 g/mol. The minimum absolute atomic E-state index is 0.122. The zero-order valence-electron chi connectivity index (χ0n) is 9.40. The van der Waals surface area contributed by atoms with Gasteiger partial charge in [0.05, 0.1) is 13.2 Å². The highest BCUT2D eigenvalue weighted by Gasteiger charge is 2.55. The van der Waals surface area contributed by atoms with Crippen LogP contribution < -0.4 is 0 Å². The van der Waals surface area contributed by atoms with E-state index >= 15 is 0 Å². The normalized spacial score (nSPS) is 44.7. The van der Waals surface area contributed by atoms with E-state index in [-0.39, 0.29) is 18.3 Å². The van der Waals surface area contributed by atoms with Crippen molar-refractivity contribution in [1.82, 2.24) is 4.90 Å². The molecule has 3 fully saturated rings. The van der Waals surface area contributed by atoms with E-state index in [1.165, 1.54) is 0 Å². The molecule has 0 aromatic carbocycles. The number of hydrogen-bond donors (Lipinski definition) is 1. The summed E-state index contributed by atoms with van der Waals surface area (Å²) in [7, 11) is 1.58. The minimum Gasteiger partial charge on any atom is -0.394 e. The van der Waals surface area contributed by atoms with Crippen LogP contribution in [0.5, 0.6) is 0 Å². The lowest BCUT2D eigenvalue weighted by atomic mass is 9.69. The Labute approximate surface area is 90.2 Å². The third kappa shape index (κ3) is 1.43. The van der Waals surface area contributed by atoms with Crippen LogP contribution in [0.15, 0.2) is 0 Å². The average Bonchev–Trinajstić information content (AvgIpc) is 2.23. The summed E-state index contributed by atoms with van der Waals surface area (Å²) in [6.07, 6.45) is 0.936. The first-order valence-corrected chi connectivity index (χ1v) is 5.55. The van der Waals surface area contributed by atoms with E-state index in [9.17, 15) is 9.90 Å². The summed E-state index contributed by atoms with van der Waals surface area (Å²) in [4.78, 5) is 14.4. The number of aliphatic hydroxyl groups excluding tert-OH is 1. The second kappa shape index (κ2) is 3.85. The van der Waals surface area contributed by atoms with E-state index in [2.05, 4.69) is 11.8 Å². The maximum atomic E-state index is 12.3. The van der Waals surface area contributed by atoms with Crippen molar-refractivity contribution in [3.63, 3.8) is 0 Å². The van der Waals surface area contributed by atoms with Gasteiger partial charge in [-0.05, 0) is 18.9 Å². The Morgan fingerprint density at radius 2 is 2.40 bits per heavy atom. The lowest BCUT2D eigenvalue weighted by Gasteiger charge is -2.54. The largest absolute Gasteiger partial charge is 0.394 e. The molecule has 3 aliphatic heterocycles. The third-order valence-corrected chi connectivity index (χ3v) is 3.95. The Hall–Kier alpha value is -0.450. The molecule has 15 heavy (non-hydrogen) atoms. The molecule has 1 N–H and O–H groups in total. The zero-order valence-corrected chi connectivity index (χ0v) is 9.40. The summed E-state index contributed by atoms with van der Waals surface area (Å²) in [5, 5.41) is 9.51. The van der Waals surface area contributed by atoms with Crippen LogP contribution in [0.3, 0.4) is 0 Å². The molecule has 3 rings (SSSR count). The summed E-state index contributed by atoms with van der Waals surface area (Å²) >= 11 is 0. The highest BCUT2D eigenvalue weighted by atomic mass is 16.5. The molecule has 0 radical (unpaired) electrons. The molecule has 0 amide bonds. The number of hydrogen-bond acceptors (Lipinski definition) is 4. The van der Waals surface area contributed by atoms with Gasteiger partial charge in [0.1, 0.15) is 5.54 Å². The van der Waals surface area contributed by atoms with Crippen molar-refractivity contribution in [3.05, 3.63) is 0 Å². The fraction of sp³-hybridized carbons (Fsp3) is 0.909. The average molecular weight is 213 g/mol. The first kappa shape index (κ1) is 11.0. The van der Waals surface area contributed by atoms with Crippen LogP contribution in [-0.4, -0.2) is 54.7 Å². The molecule has 86 valence electrons. The molecule has 0 aromatic rings. The highest BCUT2D eigenvalue weighted by Crippen LogP contribution is 2.39. The van der Waals surface area contributed by atoms with E-state index in [0.29, 0.717) is 12.5 Å². The van der Waals surface area contributed by atoms with Crippen LogP contribution in [0.1, 0.15) is 13.3 Å². The number of carbonyl (C=O) groups is 1. The fourth-order valence-electron chi connectivity index (χ4n) is 3.05. The van der Waals surface area contributed by atoms with Crippen molar-refractivity contribution in [2.45, 2.75) is 18.9 Å². The predicted octanol–water partition coefficient (Wildman–Crippen LogP) is -0.0954. The van der Waals surface area contributed by atoms with Crippen molar-refractivity contribution < 1.29 is 14.6 Å². The van der Waals surface area contributed by atoms with E-state index < -0.39 is 5.54 Å². The van der Waals surface area contributed by atoms with Gasteiger partial charge in [0, 0.05) is 19.6 Å². The lowest BCUT2D eigenvalue weighted by Crippen LogP contribution is -2.71. The van der Waals surface area contributed by atoms with Crippen molar-refractivity contribution in [2.75, 3.05) is 33.4 Å². The maximum absolute atomic E-state index is 12.3. The van der Waals surface area contributed by atoms with Gasteiger partial charge in [0.15, 0.2) is 5.78 Å².